The number of nitrogens with one attached hydrogen (secondary N) is 1. The van der Waals surface area contributed by atoms with Crippen molar-refractivity contribution in [2.75, 3.05) is 9.80 Å². The number of hydrogen-bond acceptors (Lipinski definition) is 7. The van der Waals surface area contributed by atoms with Crippen molar-refractivity contribution in [3.63, 3.8) is 0 Å². The molecule has 1 aliphatic heterocycles. The molecule has 3 N–H and O–H groups in total. The first kappa shape index (κ1) is 29.9. The van der Waals surface area contributed by atoms with Crippen LogP contribution in [0.25, 0.3) is 0 Å². The normalized spacial score (nSPS) is 22.4. The van der Waals surface area contributed by atoms with Crippen molar-refractivity contribution in [1.29, 1.82) is 5.26 Å². The Kier molecular flexibility index (Phi) is 7.78. The number of alkyl halides is 2. The third kappa shape index (κ3) is 5.73. The van der Waals surface area contributed by atoms with Crippen molar-refractivity contribution in [2.24, 2.45) is 0 Å². The van der Waals surface area contributed by atoms with Gasteiger partial charge in [-0.25, -0.2) is 13.8 Å². The van der Waals surface area contributed by atoms with Crippen molar-refractivity contribution < 1.29 is 28.6 Å². The molecule has 2 amide bonds. The van der Waals surface area contributed by atoms with Gasteiger partial charge >= 0.3 is 0 Å². The molecular weight excluding hydrogens is 592 g/mol. The maximum absolute atomic E-state index is 14.8. The van der Waals surface area contributed by atoms with Gasteiger partial charge in [-0.05, 0) is 61.6 Å². The summed E-state index contributed by atoms with van der Waals surface area (Å²) in [6.07, 6.45) is 0.757. The van der Waals surface area contributed by atoms with E-state index < -0.39 is 60.5 Å². The predicted octanol–water partition coefficient (Wildman–Crippen LogP) is 4.56. The van der Waals surface area contributed by atoms with Crippen LogP contribution in [0.2, 0.25) is 5.02 Å². The number of aromatic nitrogens is 1. The molecule has 0 bridgehead atoms. The number of rotatable bonds is 8. The lowest BCUT2D eigenvalue weighted by molar-refractivity contribution is -0.133. The van der Waals surface area contributed by atoms with Gasteiger partial charge in [-0.3, -0.25) is 14.5 Å². The summed E-state index contributed by atoms with van der Waals surface area (Å²) in [5.74, 6) is -3.95. The topological polar surface area (TPSA) is 130 Å². The van der Waals surface area contributed by atoms with Crippen molar-refractivity contribution >= 4 is 34.9 Å². The zero-order valence-corrected chi connectivity index (χ0v) is 24.3. The highest BCUT2D eigenvalue weighted by Crippen LogP contribution is 2.47. The molecule has 3 aliphatic rings. The third-order valence-corrected chi connectivity index (χ3v) is 8.89. The predicted molar refractivity (Wildman–Crippen MR) is 158 cm³/mol. The summed E-state index contributed by atoms with van der Waals surface area (Å²) in [4.78, 5) is 35.8. The highest BCUT2D eigenvalue weighted by Gasteiger charge is 2.49. The minimum absolute atomic E-state index is 0.188. The van der Waals surface area contributed by atoms with Crippen LogP contribution in [0.5, 0.6) is 0 Å². The van der Waals surface area contributed by atoms with E-state index in [2.05, 4.69) is 10.3 Å². The summed E-state index contributed by atoms with van der Waals surface area (Å²) in [7, 11) is 0. The fourth-order valence-corrected chi connectivity index (χ4v) is 6.27. The summed E-state index contributed by atoms with van der Waals surface area (Å²) in [6.45, 7) is 0. The number of benzene rings is 2. The molecule has 12 heteroatoms. The lowest BCUT2D eigenvalue weighted by atomic mass is 9.87. The molecule has 0 spiro atoms. The zero-order valence-electron chi connectivity index (χ0n) is 23.5. The minimum Gasteiger partial charge on any atom is -0.385 e. The lowest BCUT2D eigenvalue weighted by Gasteiger charge is -2.39. The maximum atomic E-state index is 14.8. The smallest absolute Gasteiger partial charge is 0.252 e. The number of nitriles is 1. The van der Waals surface area contributed by atoms with Crippen molar-refractivity contribution in [1.82, 2.24) is 10.3 Å². The summed E-state index contributed by atoms with van der Waals surface area (Å²) < 4.78 is 27.4. The van der Waals surface area contributed by atoms with Gasteiger partial charge in [-0.15, -0.1) is 0 Å². The van der Waals surface area contributed by atoms with Crippen LogP contribution in [0.4, 0.5) is 20.3 Å². The van der Waals surface area contributed by atoms with E-state index in [1.54, 1.807) is 48.5 Å². The van der Waals surface area contributed by atoms with E-state index in [0.717, 1.165) is 0 Å². The van der Waals surface area contributed by atoms with E-state index in [4.69, 9.17) is 11.6 Å². The average molecular weight is 622 g/mol. The quantitative estimate of drug-likeness (QED) is 0.336. The van der Waals surface area contributed by atoms with Gasteiger partial charge in [0.2, 0.25) is 5.91 Å². The summed E-state index contributed by atoms with van der Waals surface area (Å²) >= 11 is 6.61. The molecule has 1 unspecified atom stereocenters. The Morgan fingerprint density at radius 2 is 1.86 bits per heavy atom. The van der Waals surface area contributed by atoms with Crippen LogP contribution in [0, 0.1) is 11.3 Å². The Morgan fingerprint density at radius 1 is 1.11 bits per heavy atom. The number of halogens is 3. The molecule has 2 aromatic carbocycles. The number of carbonyl (C=O) groups excluding carboxylic acids is 2. The van der Waals surface area contributed by atoms with Crippen molar-refractivity contribution in [3.05, 3.63) is 88.6 Å². The third-order valence-electron chi connectivity index (χ3n) is 8.54. The standard InChI is InChI=1S/C32H30ClF2N5O4/c33-24-7-2-1-6-23(24)28(29(42)38-21-16-32(34,35)17-21)39(22-5-3-4-20(15-22)31(44)11-12-31)30(43)25-8-9-27(41)40(25)26-14-19(18-36)10-13-37-26/h1-7,10,13-15,21,25,27-28,41,44H,8-9,11-12,16-17H2,(H,38,42)/t25-,27?,28-/m0/s1. The minimum atomic E-state index is -2.88. The second-order valence-corrected chi connectivity index (χ2v) is 12.1. The molecule has 44 heavy (non-hydrogen) atoms. The van der Waals surface area contributed by atoms with Gasteiger partial charge in [-0.2, -0.15) is 5.26 Å². The van der Waals surface area contributed by atoms with Crippen LogP contribution in [0.3, 0.4) is 0 Å². The lowest BCUT2D eigenvalue weighted by Crippen LogP contribution is -2.56. The number of pyridine rings is 1. The van der Waals surface area contributed by atoms with E-state index in [1.807, 2.05) is 6.07 Å². The largest absolute Gasteiger partial charge is 0.385 e. The Hall–Kier alpha value is -4.11. The van der Waals surface area contributed by atoms with Gasteiger partial charge in [0.15, 0.2) is 0 Å². The first-order chi connectivity index (χ1) is 21.0. The maximum Gasteiger partial charge on any atom is 0.252 e. The van der Waals surface area contributed by atoms with Gasteiger partial charge in [-0.1, -0.05) is 41.9 Å². The fourth-order valence-electron chi connectivity index (χ4n) is 6.03. The second-order valence-electron chi connectivity index (χ2n) is 11.7. The SMILES string of the molecule is N#Cc1ccnc(N2C(O)CC[C@H]2C(=O)N(c2cccc(C3(O)CC3)c2)[C@H](C(=O)NC2CC(F)(F)C2)c2ccccc2Cl)c1. The number of aliphatic hydroxyl groups excluding tert-OH is 1. The van der Waals surface area contributed by atoms with Crippen LogP contribution < -0.4 is 15.1 Å². The molecule has 2 aliphatic carbocycles. The molecule has 3 fully saturated rings. The Balaban J connectivity index is 1.46. The fraction of sp³-hybridized carbons (Fsp3) is 0.375. The van der Waals surface area contributed by atoms with Crippen LogP contribution >= 0.6 is 11.6 Å². The molecule has 3 atom stereocenters. The summed E-state index contributed by atoms with van der Waals surface area (Å²) in [5, 5.41) is 34.2. The summed E-state index contributed by atoms with van der Waals surface area (Å²) in [6, 6.07) is 15.0. The highest BCUT2D eigenvalue weighted by atomic mass is 35.5. The van der Waals surface area contributed by atoms with Gasteiger partial charge < -0.3 is 20.4 Å². The van der Waals surface area contributed by atoms with E-state index in [-0.39, 0.29) is 40.5 Å². The Labute approximate surface area is 257 Å². The number of amides is 2. The number of nitrogens with zero attached hydrogens (tertiary/aromatic N) is 4. The van der Waals surface area contributed by atoms with Crippen LogP contribution in [-0.2, 0) is 15.2 Å². The average Bonchev–Trinajstić information content (AvgIpc) is 3.63. The monoisotopic (exact) mass is 621 g/mol. The van der Waals surface area contributed by atoms with Crippen LogP contribution in [0.15, 0.2) is 66.9 Å². The number of carbonyl (C=O) groups is 2. The van der Waals surface area contributed by atoms with Gasteiger partial charge in [0.05, 0.1) is 17.2 Å². The van der Waals surface area contributed by atoms with Crippen molar-refractivity contribution in [2.45, 2.75) is 74.4 Å². The zero-order chi connectivity index (χ0) is 31.2. The summed E-state index contributed by atoms with van der Waals surface area (Å²) in [5.41, 5.74) is 0.356. The molecule has 2 saturated carbocycles. The first-order valence-electron chi connectivity index (χ1n) is 14.4. The van der Waals surface area contributed by atoms with Gasteiger partial charge in [0.1, 0.15) is 24.1 Å². The van der Waals surface area contributed by atoms with E-state index in [0.29, 0.717) is 18.4 Å². The number of anilines is 2. The van der Waals surface area contributed by atoms with Crippen molar-refractivity contribution in [3.8, 4) is 6.07 Å². The van der Waals surface area contributed by atoms with E-state index >= 15 is 0 Å². The second kappa shape index (κ2) is 11.4. The Morgan fingerprint density at radius 3 is 2.55 bits per heavy atom. The van der Waals surface area contributed by atoms with Crippen LogP contribution in [-0.4, -0.2) is 51.2 Å². The molecule has 1 saturated heterocycles. The molecule has 6 rings (SSSR count). The van der Waals surface area contributed by atoms with Gasteiger partial charge in [0, 0.05) is 41.4 Å². The molecule has 228 valence electrons. The molecular formula is C32H30ClF2N5O4. The highest BCUT2D eigenvalue weighted by molar-refractivity contribution is 6.31. The number of hydrogen-bond donors (Lipinski definition) is 3. The first-order valence-corrected chi connectivity index (χ1v) is 14.8. The number of aliphatic hydroxyl groups is 2. The molecule has 0 radical (unpaired) electrons. The Bertz CT molecular complexity index is 1640. The molecule has 3 aromatic rings. The van der Waals surface area contributed by atoms with Crippen LogP contribution in [0.1, 0.15) is 61.3 Å². The molecule has 1 aromatic heterocycles. The van der Waals surface area contributed by atoms with E-state index in [9.17, 15) is 33.8 Å². The van der Waals surface area contributed by atoms with Gasteiger partial charge in [0.25, 0.3) is 11.8 Å². The molecule has 2 heterocycles. The molecule has 9 nitrogen and oxygen atoms in total. The van der Waals surface area contributed by atoms with E-state index in [1.165, 1.54) is 28.1 Å².